The molecule has 1 atom stereocenters. The van der Waals surface area contributed by atoms with Crippen molar-refractivity contribution >= 4 is 11.6 Å². The monoisotopic (exact) mass is 332 g/mol. The molecule has 1 aromatic rings. The van der Waals surface area contributed by atoms with E-state index in [1.807, 2.05) is 0 Å². The van der Waals surface area contributed by atoms with Crippen LogP contribution in [0.2, 0.25) is 5.02 Å². The van der Waals surface area contributed by atoms with Gasteiger partial charge in [0.05, 0.1) is 5.56 Å². The number of alkyl halides is 3. The SMILES string of the molecule is FC(F)(F)c1cccc(Cl)c1[C@H](CC1CC1)N1CCNCC1. The molecule has 0 unspecified atom stereocenters. The summed E-state index contributed by atoms with van der Waals surface area (Å²) >= 11 is 6.21. The Morgan fingerprint density at radius 3 is 2.50 bits per heavy atom. The largest absolute Gasteiger partial charge is 0.416 e. The van der Waals surface area contributed by atoms with Gasteiger partial charge in [-0.2, -0.15) is 13.2 Å². The number of nitrogens with zero attached hydrogens (tertiary/aromatic N) is 1. The van der Waals surface area contributed by atoms with Gasteiger partial charge in [0.2, 0.25) is 0 Å². The molecule has 1 heterocycles. The Kier molecular flexibility index (Phi) is 4.67. The number of nitrogens with one attached hydrogen (secondary N) is 1. The van der Waals surface area contributed by atoms with E-state index in [-0.39, 0.29) is 16.6 Å². The fourth-order valence-corrected chi connectivity index (χ4v) is 3.54. The van der Waals surface area contributed by atoms with Crippen molar-refractivity contribution in [3.63, 3.8) is 0 Å². The van der Waals surface area contributed by atoms with Crippen molar-refractivity contribution in [3.05, 3.63) is 34.3 Å². The minimum absolute atomic E-state index is 0.235. The molecule has 0 bridgehead atoms. The molecule has 1 aliphatic carbocycles. The molecule has 0 radical (unpaired) electrons. The van der Waals surface area contributed by atoms with Gasteiger partial charge in [-0.05, 0) is 24.5 Å². The molecule has 2 fully saturated rings. The highest BCUT2D eigenvalue weighted by atomic mass is 35.5. The number of benzene rings is 1. The average molecular weight is 333 g/mol. The predicted octanol–water partition coefficient (Wildman–Crippen LogP) is 4.11. The molecule has 3 rings (SSSR count). The Bertz CT molecular complexity index is 523. The van der Waals surface area contributed by atoms with Crippen LogP contribution in [0, 0.1) is 5.92 Å². The number of piperazine rings is 1. The van der Waals surface area contributed by atoms with Gasteiger partial charge in [0.1, 0.15) is 0 Å². The van der Waals surface area contributed by atoms with Crippen LogP contribution in [0.5, 0.6) is 0 Å². The highest BCUT2D eigenvalue weighted by molar-refractivity contribution is 6.31. The van der Waals surface area contributed by atoms with Gasteiger partial charge in [-0.1, -0.05) is 30.5 Å². The molecule has 22 heavy (non-hydrogen) atoms. The summed E-state index contributed by atoms with van der Waals surface area (Å²) < 4.78 is 40.3. The number of halogens is 4. The smallest absolute Gasteiger partial charge is 0.314 e. The van der Waals surface area contributed by atoms with Gasteiger partial charge in [-0.3, -0.25) is 4.90 Å². The molecule has 0 amide bonds. The first-order valence-corrected chi connectivity index (χ1v) is 8.15. The third-order valence-electron chi connectivity index (χ3n) is 4.54. The maximum Gasteiger partial charge on any atom is 0.416 e. The summed E-state index contributed by atoms with van der Waals surface area (Å²) in [5.41, 5.74) is -0.311. The van der Waals surface area contributed by atoms with E-state index in [1.165, 1.54) is 6.07 Å². The fourth-order valence-electron chi connectivity index (χ4n) is 3.24. The number of rotatable bonds is 4. The Morgan fingerprint density at radius 2 is 1.91 bits per heavy atom. The van der Waals surface area contributed by atoms with E-state index < -0.39 is 11.7 Å². The first-order chi connectivity index (χ1) is 10.5. The standard InChI is InChI=1S/C16H20ClF3N2/c17-13-3-1-2-12(16(18,19)20)15(13)14(10-11-4-5-11)22-8-6-21-7-9-22/h1-3,11,14,21H,4-10H2/t14-/m0/s1. The van der Waals surface area contributed by atoms with Gasteiger partial charge in [0.25, 0.3) is 0 Å². The third-order valence-corrected chi connectivity index (χ3v) is 4.87. The first-order valence-electron chi connectivity index (χ1n) is 7.77. The third kappa shape index (κ3) is 3.58. The number of hydrogen-bond acceptors (Lipinski definition) is 2. The molecular weight excluding hydrogens is 313 g/mol. The molecule has 2 nitrogen and oxygen atoms in total. The molecule has 1 aromatic carbocycles. The quantitative estimate of drug-likeness (QED) is 0.892. The van der Waals surface area contributed by atoms with Crippen molar-refractivity contribution in [1.29, 1.82) is 0 Å². The summed E-state index contributed by atoms with van der Waals surface area (Å²) in [4.78, 5) is 2.16. The lowest BCUT2D eigenvalue weighted by Gasteiger charge is -2.37. The predicted molar refractivity (Wildman–Crippen MR) is 81.0 cm³/mol. The van der Waals surface area contributed by atoms with Crippen LogP contribution in [0.15, 0.2) is 18.2 Å². The molecule has 122 valence electrons. The maximum atomic E-state index is 13.4. The summed E-state index contributed by atoms with van der Waals surface area (Å²) in [7, 11) is 0. The summed E-state index contributed by atoms with van der Waals surface area (Å²) in [5.74, 6) is 0.539. The van der Waals surface area contributed by atoms with Gasteiger partial charge < -0.3 is 5.32 Å². The van der Waals surface area contributed by atoms with Crippen molar-refractivity contribution in [3.8, 4) is 0 Å². The van der Waals surface area contributed by atoms with Crippen LogP contribution in [-0.2, 0) is 6.18 Å². The zero-order chi connectivity index (χ0) is 15.7. The van der Waals surface area contributed by atoms with Crippen molar-refractivity contribution < 1.29 is 13.2 Å². The van der Waals surface area contributed by atoms with Crippen LogP contribution in [0.1, 0.15) is 36.4 Å². The first kappa shape index (κ1) is 16.1. The van der Waals surface area contributed by atoms with Crippen LogP contribution < -0.4 is 5.32 Å². The highest BCUT2D eigenvalue weighted by Crippen LogP contribution is 2.45. The summed E-state index contributed by atoms with van der Waals surface area (Å²) in [6.45, 7) is 3.15. The van der Waals surface area contributed by atoms with Crippen molar-refractivity contribution in [1.82, 2.24) is 10.2 Å². The van der Waals surface area contributed by atoms with Crippen LogP contribution in [0.4, 0.5) is 13.2 Å². The van der Waals surface area contributed by atoms with E-state index in [0.29, 0.717) is 5.92 Å². The molecular formula is C16H20ClF3N2. The molecule has 1 aliphatic heterocycles. The topological polar surface area (TPSA) is 15.3 Å². The molecule has 2 aliphatic rings. The summed E-state index contributed by atoms with van der Waals surface area (Å²) in [5, 5.41) is 3.49. The normalized spacial score (nSPS) is 21.8. The van der Waals surface area contributed by atoms with Crippen molar-refractivity contribution in [2.24, 2.45) is 5.92 Å². The molecule has 1 N–H and O–H groups in total. The zero-order valence-electron chi connectivity index (χ0n) is 12.3. The second kappa shape index (κ2) is 6.38. The van der Waals surface area contributed by atoms with Gasteiger partial charge in [0, 0.05) is 42.8 Å². The molecule has 0 aromatic heterocycles. The Hall–Kier alpha value is -0.780. The van der Waals surface area contributed by atoms with E-state index in [9.17, 15) is 13.2 Å². The van der Waals surface area contributed by atoms with E-state index in [0.717, 1.165) is 51.5 Å². The molecule has 6 heteroatoms. The minimum Gasteiger partial charge on any atom is -0.314 e. The summed E-state index contributed by atoms with van der Waals surface area (Å²) in [6.07, 6.45) is -1.36. The lowest BCUT2D eigenvalue weighted by atomic mass is 9.93. The highest BCUT2D eigenvalue weighted by Gasteiger charge is 2.39. The van der Waals surface area contributed by atoms with Gasteiger partial charge in [-0.15, -0.1) is 0 Å². The van der Waals surface area contributed by atoms with E-state index >= 15 is 0 Å². The minimum atomic E-state index is -4.37. The van der Waals surface area contributed by atoms with Gasteiger partial charge in [0.15, 0.2) is 0 Å². The van der Waals surface area contributed by atoms with E-state index in [1.54, 1.807) is 6.07 Å². The van der Waals surface area contributed by atoms with Crippen molar-refractivity contribution in [2.75, 3.05) is 26.2 Å². The lowest BCUT2D eigenvalue weighted by Crippen LogP contribution is -2.45. The fraction of sp³-hybridized carbons (Fsp3) is 0.625. The van der Waals surface area contributed by atoms with Crippen LogP contribution >= 0.6 is 11.6 Å². The molecule has 1 saturated heterocycles. The molecule has 0 spiro atoms. The Balaban J connectivity index is 1.98. The van der Waals surface area contributed by atoms with Crippen LogP contribution in [-0.4, -0.2) is 31.1 Å². The second-order valence-electron chi connectivity index (χ2n) is 6.18. The van der Waals surface area contributed by atoms with Crippen molar-refractivity contribution in [2.45, 2.75) is 31.5 Å². The van der Waals surface area contributed by atoms with Gasteiger partial charge in [-0.25, -0.2) is 0 Å². The maximum absolute atomic E-state index is 13.4. The second-order valence-corrected chi connectivity index (χ2v) is 6.59. The van der Waals surface area contributed by atoms with E-state index in [4.69, 9.17) is 11.6 Å². The lowest BCUT2D eigenvalue weighted by molar-refractivity contribution is -0.138. The Morgan fingerprint density at radius 1 is 1.23 bits per heavy atom. The Labute approximate surface area is 133 Å². The van der Waals surface area contributed by atoms with E-state index in [2.05, 4.69) is 10.2 Å². The zero-order valence-corrected chi connectivity index (χ0v) is 13.1. The van der Waals surface area contributed by atoms with Crippen LogP contribution in [0.3, 0.4) is 0 Å². The summed E-state index contributed by atoms with van der Waals surface area (Å²) in [6, 6.07) is 3.89. The van der Waals surface area contributed by atoms with Gasteiger partial charge >= 0.3 is 6.18 Å². The van der Waals surface area contributed by atoms with Crippen LogP contribution in [0.25, 0.3) is 0 Å². The molecule has 1 saturated carbocycles. The number of hydrogen-bond donors (Lipinski definition) is 1. The average Bonchev–Trinajstić information content (AvgIpc) is 3.29.